The smallest absolute Gasteiger partial charge is 0.383 e. The normalized spacial score (nSPS) is 14.3. The van der Waals surface area contributed by atoms with Crippen molar-refractivity contribution in [2.45, 2.75) is 19.6 Å². The molecule has 192 valence electrons. The molecule has 1 saturated heterocycles. The predicted molar refractivity (Wildman–Crippen MR) is 128 cm³/mol. The van der Waals surface area contributed by atoms with Crippen molar-refractivity contribution in [1.29, 1.82) is 0 Å². The van der Waals surface area contributed by atoms with E-state index in [0.717, 1.165) is 12.1 Å². The second-order valence-electron chi connectivity index (χ2n) is 8.87. The summed E-state index contributed by atoms with van der Waals surface area (Å²) in [5, 5.41) is 0.511. The number of nitrogen functional groups attached to an aromatic ring is 1. The second kappa shape index (κ2) is 8.71. The van der Waals surface area contributed by atoms with Gasteiger partial charge in [-0.05, 0) is 48.9 Å². The number of alkyl halides is 3. The van der Waals surface area contributed by atoms with Crippen LogP contribution in [0.1, 0.15) is 17.0 Å². The minimum atomic E-state index is -4.71. The van der Waals surface area contributed by atoms with Crippen molar-refractivity contribution in [3.8, 4) is 11.1 Å². The molecule has 5 rings (SSSR count). The number of urea groups is 1. The van der Waals surface area contributed by atoms with Gasteiger partial charge in [0.25, 0.3) is 0 Å². The number of nitrogens with zero attached hydrogens (tertiary/aromatic N) is 5. The summed E-state index contributed by atoms with van der Waals surface area (Å²) in [5.41, 5.74) is 6.56. The van der Waals surface area contributed by atoms with E-state index in [-0.39, 0.29) is 42.3 Å². The highest BCUT2D eigenvalue weighted by Gasteiger charge is 2.33. The van der Waals surface area contributed by atoms with Gasteiger partial charge in [-0.15, -0.1) is 0 Å². The molecule has 2 aromatic heterocycles. The number of halogens is 5. The molecule has 2 aromatic carbocycles. The van der Waals surface area contributed by atoms with Gasteiger partial charge in [-0.1, -0.05) is 0 Å². The molecule has 0 radical (unpaired) electrons. The molecule has 0 saturated carbocycles. The number of aromatic nitrogens is 3. The quantitative estimate of drug-likeness (QED) is 0.375. The number of fused-ring (bicyclic) bond motifs is 1. The maximum Gasteiger partial charge on any atom is 0.416 e. The highest BCUT2D eigenvalue weighted by atomic mass is 19.4. The Bertz CT molecular complexity index is 1550. The molecular weight excluding hydrogens is 495 g/mol. The number of nitrogens with two attached hydrogens (primary N) is 1. The minimum Gasteiger partial charge on any atom is -0.383 e. The zero-order chi connectivity index (χ0) is 26.6. The molecule has 3 heterocycles. The first kappa shape index (κ1) is 24.5. The van der Waals surface area contributed by atoms with E-state index in [9.17, 15) is 22.4 Å². The van der Waals surface area contributed by atoms with Gasteiger partial charge in [-0.25, -0.2) is 23.5 Å². The predicted octanol–water partition coefficient (Wildman–Crippen LogP) is 5.27. The van der Waals surface area contributed by atoms with Gasteiger partial charge in [0.2, 0.25) is 0 Å². The van der Waals surface area contributed by atoms with Crippen LogP contribution in [-0.2, 0) is 19.8 Å². The third kappa shape index (κ3) is 4.43. The summed E-state index contributed by atoms with van der Waals surface area (Å²) in [7, 11) is 1.76. The molecule has 12 heteroatoms. The van der Waals surface area contributed by atoms with Crippen LogP contribution in [-0.4, -0.2) is 38.6 Å². The standard InChI is InChI=1S/C25H21F5N6O/c1-13-32-22(31)21-19(12-34(2)23(21)33-13)18-4-3-17(10-20(18)27)36-6-5-35(24(36)37)11-14-7-15(25(28,29)30)9-16(26)8-14/h3-4,7-10,12H,5-6,11H2,1-2H3,(H2,31,32,33). The van der Waals surface area contributed by atoms with Gasteiger partial charge >= 0.3 is 12.2 Å². The van der Waals surface area contributed by atoms with E-state index in [1.165, 1.54) is 21.9 Å². The van der Waals surface area contributed by atoms with Crippen molar-refractivity contribution < 1.29 is 26.7 Å². The molecule has 37 heavy (non-hydrogen) atoms. The van der Waals surface area contributed by atoms with Gasteiger partial charge < -0.3 is 15.2 Å². The molecule has 1 fully saturated rings. The molecular formula is C25H21F5N6O. The third-order valence-electron chi connectivity index (χ3n) is 6.26. The first-order valence-electron chi connectivity index (χ1n) is 11.2. The van der Waals surface area contributed by atoms with Gasteiger partial charge in [0.1, 0.15) is 28.9 Å². The number of rotatable bonds is 4. The fourth-order valence-corrected chi connectivity index (χ4v) is 4.60. The number of benzene rings is 2. The summed E-state index contributed by atoms with van der Waals surface area (Å²) < 4.78 is 69.9. The lowest BCUT2D eigenvalue weighted by Crippen LogP contribution is -2.31. The Labute approximate surface area is 207 Å². The zero-order valence-corrected chi connectivity index (χ0v) is 19.8. The van der Waals surface area contributed by atoms with E-state index in [4.69, 9.17) is 5.73 Å². The van der Waals surface area contributed by atoms with Crippen LogP contribution in [0.15, 0.2) is 42.6 Å². The Morgan fingerprint density at radius 3 is 2.49 bits per heavy atom. The topological polar surface area (TPSA) is 80.3 Å². The molecule has 0 spiro atoms. The Balaban J connectivity index is 1.40. The monoisotopic (exact) mass is 516 g/mol. The molecule has 2 amide bonds. The van der Waals surface area contributed by atoms with E-state index < -0.39 is 29.4 Å². The van der Waals surface area contributed by atoms with Crippen molar-refractivity contribution in [1.82, 2.24) is 19.4 Å². The van der Waals surface area contributed by atoms with Crippen molar-refractivity contribution in [2.24, 2.45) is 7.05 Å². The summed E-state index contributed by atoms with van der Waals surface area (Å²) in [5.74, 6) is -0.937. The van der Waals surface area contributed by atoms with Crippen molar-refractivity contribution in [3.05, 3.63) is 71.2 Å². The van der Waals surface area contributed by atoms with Gasteiger partial charge in [0, 0.05) is 49.7 Å². The zero-order valence-electron chi connectivity index (χ0n) is 19.8. The first-order chi connectivity index (χ1) is 17.4. The number of anilines is 2. The van der Waals surface area contributed by atoms with E-state index in [1.54, 1.807) is 30.8 Å². The Kier molecular flexibility index (Phi) is 5.76. The molecule has 0 aliphatic carbocycles. The summed E-state index contributed by atoms with van der Waals surface area (Å²) in [6, 6.07) is 5.97. The Morgan fingerprint density at radius 2 is 1.78 bits per heavy atom. The van der Waals surface area contributed by atoms with Crippen molar-refractivity contribution >= 4 is 28.6 Å². The number of hydrogen-bond acceptors (Lipinski definition) is 4. The van der Waals surface area contributed by atoms with E-state index in [1.807, 2.05) is 0 Å². The van der Waals surface area contributed by atoms with Crippen LogP contribution >= 0.6 is 0 Å². The Morgan fingerprint density at radius 1 is 1.03 bits per heavy atom. The fourth-order valence-electron chi connectivity index (χ4n) is 4.60. The van der Waals surface area contributed by atoms with Crippen LogP contribution in [0.3, 0.4) is 0 Å². The number of aryl methyl sites for hydroxylation is 2. The van der Waals surface area contributed by atoms with Crippen LogP contribution in [0.2, 0.25) is 0 Å². The summed E-state index contributed by atoms with van der Waals surface area (Å²) >= 11 is 0. The average molecular weight is 516 g/mol. The lowest BCUT2D eigenvalue weighted by molar-refractivity contribution is -0.137. The molecule has 4 aromatic rings. The number of hydrogen-bond donors (Lipinski definition) is 1. The lowest BCUT2D eigenvalue weighted by Gasteiger charge is -2.20. The maximum absolute atomic E-state index is 15.3. The van der Waals surface area contributed by atoms with Crippen LogP contribution in [0.25, 0.3) is 22.2 Å². The van der Waals surface area contributed by atoms with Crippen LogP contribution in [0.4, 0.5) is 38.3 Å². The maximum atomic E-state index is 15.3. The summed E-state index contributed by atoms with van der Waals surface area (Å²) in [4.78, 5) is 24.1. The number of carbonyl (C=O) groups is 1. The minimum absolute atomic E-state index is 0.00931. The molecule has 1 aliphatic heterocycles. The van der Waals surface area contributed by atoms with Gasteiger partial charge in [0.15, 0.2) is 0 Å². The summed E-state index contributed by atoms with van der Waals surface area (Å²) in [6.45, 7) is 1.85. The third-order valence-corrected chi connectivity index (χ3v) is 6.26. The highest BCUT2D eigenvalue weighted by molar-refractivity contribution is 6.01. The van der Waals surface area contributed by atoms with Crippen molar-refractivity contribution in [3.63, 3.8) is 0 Å². The fraction of sp³-hybridized carbons (Fsp3) is 0.240. The largest absolute Gasteiger partial charge is 0.416 e. The van der Waals surface area contributed by atoms with Crippen LogP contribution in [0, 0.1) is 18.6 Å². The summed E-state index contributed by atoms with van der Waals surface area (Å²) in [6.07, 6.45) is -3.01. The molecule has 1 aliphatic rings. The first-order valence-corrected chi connectivity index (χ1v) is 11.2. The molecule has 2 N–H and O–H groups in total. The molecule has 7 nitrogen and oxygen atoms in total. The van der Waals surface area contributed by atoms with Crippen LogP contribution in [0.5, 0.6) is 0 Å². The Hall–Kier alpha value is -4.22. The molecule has 0 unspecified atom stereocenters. The molecule has 0 atom stereocenters. The van der Waals surface area contributed by atoms with E-state index in [2.05, 4.69) is 9.97 Å². The van der Waals surface area contributed by atoms with Gasteiger partial charge in [0.05, 0.1) is 10.9 Å². The van der Waals surface area contributed by atoms with E-state index in [0.29, 0.717) is 28.5 Å². The lowest BCUT2D eigenvalue weighted by atomic mass is 10.0. The second-order valence-corrected chi connectivity index (χ2v) is 8.87. The SMILES string of the molecule is Cc1nc(N)c2c(-c3ccc(N4CCN(Cc5cc(F)cc(C(F)(F)F)c5)C4=O)cc3F)cn(C)c2n1. The highest BCUT2D eigenvalue weighted by Crippen LogP contribution is 2.36. The van der Waals surface area contributed by atoms with E-state index >= 15 is 4.39 Å². The number of carbonyl (C=O) groups excluding carboxylic acids is 1. The van der Waals surface area contributed by atoms with Crippen molar-refractivity contribution in [2.75, 3.05) is 23.7 Å². The van der Waals surface area contributed by atoms with Gasteiger partial charge in [-0.2, -0.15) is 13.2 Å². The van der Waals surface area contributed by atoms with Gasteiger partial charge in [-0.3, -0.25) is 4.90 Å². The number of amides is 2. The molecule has 0 bridgehead atoms. The average Bonchev–Trinajstić information content (AvgIpc) is 3.32. The van der Waals surface area contributed by atoms with Crippen LogP contribution < -0.4 is 10.6 Å².